The summed E-state index contributed by atoms with van der Waals surface area (Å²) in [6.07, 6.45) is 0. The lowest BCUT2D eigenvalue weighted by Gasteiger charge is -2.26. The highest BCUT2D eigenvalue weighted by Gasteiger charge is 2.23. The number of morpholine rings is 1. The van der Waals surface area contributed by atoms with Gasteiger partial charge in [-0.25, -0.2) is 14.9 Å². The molecule has 0 radical (unpaired) electrons. The van der Waals surface area contributed by atoms with Gasteiger partial charge < -0.3 is 4.74 Å². The van der Waals surface area contributed by atoms with Crippen molar-refractivity contribution in [2.24, 2.45) is 0 Å². The molecule has 2 N–H and O–H groups in total. The summed E-state index contributed by atoms with van der Waals surface area (Å²) in [5.74, 6) is 0.346. The van der Waals surface area contributed by atoms with Crippen LogP contribution in [0.2, 0.25) is 10.0 Å². The molecule has 1 aromatic heterocycles. The van der Waals surface area contributed by atoms with Crippen molar-refractivity contribution in [3.63, 3.8) is 0 Å². The summed E-state index contributed by atoms with van der Waals surface area (Å²) in [6.45, 7) is 4.98. The fourth-order valence-corrected chi connectivity index (χ4v) is 3.87. The number of hydrogen-bond acceptors (Lipinski definition) is 3. The number of rotatable bonds is 5. The number of halogens is 2. The molecule has 28 heavy (non-hydrogen) atoms. The molecule has 1 aliphatic rings. The van der Waals surface area contributed by atoms with Crippen LogP contribution in [-0.2, 0) is 11.3 Å². The van der Waals surface area contributed by atoms with Gasteiger partial charge >= 0.3 is 11.9 Å². The van der Waals surface area contributed by atoms with E-state index in [1.807, 2.05) is 24.3 Å². The lowest BCUT2D eigenvalue weighted by Crippen LogP contribution is -2.45. The Morgan fingerprint density at radius 2 is 1.96 bits per heavy atom. The van der Waals surface area contributed by atoms with E-state index in [9.17, 15) is 4.79 Å². The first-order valence-corrected chi connectivity index (χ1v) is 9.94. The van der Waals surface area contributed by atoms with Crippen LogP contribution in [0.5, 0.6) is 0 Å². The van der Waals surface area contributed by atoms with E-state index in [4.69, 9.17) is 27.9 Å². The van der Waals surface area contributed by atoms with Crippen molar-refractivity contribution in [2.45, 2.75) is 6.54 Å². The Hall–Kier alpha value is -2.12. The third kappa shape index (κ3) is 4.15. The molecule has 0 unspecified atom stereocenters. The first-order valence-electron chi connectivity index (χ1n) is 9.19. The minimum atomic E-state index is -0.284. The van der Waals surface area contributed by atoms with Gasteiger partial charge in [-0.05, 0) is 30.3 Å². The van der Waals surface area contributed by atoms with Crippen molar-refractivity contribution in [3.8, 4) is 0 Å². The average molecular weight is 420 g/mol. The van der Waals surface area contributed by atoms with Gasteiger partial charge in [-0.2, -0.15) is 0 Å². The quantitative estimate of drug-likeness (QED) is 0.623. The Bertz CT molecular complexity index is 999. The number of aromatic nitrogens is 2. The van der Waals surface area contributed by atoms with Crippen molar-refractivity contribution in [1.82, 2.24) is 9.88 Å². The van der Waals surface area contributed by atoms with Crippen LogP contribution in [0.15, 0.2) is 42.5 Å². The Morgan fingerprint density at radius 3 is 2.75 bits per heavy atom. The normalized spacial score (nSPS) is 15.1. The zero-order chi connectivity index (χ0) is 19.5. The molecule has 2 heterocycles. The number of nitrogens with one attached hydrogen (secondary N) is 2. The van der Waals surface area contributed by atoms with Gasteiger partial charge in [0, 0.05) is 24.7 Å². The summed E-state index contributed by atoms with van der Waals surface area (Å²) in [7, 11) is 0. The number of fused-ring (bicyclic) bond motifs is 1. The molecule has 1 saturated heterocycles. The maximum atomic E-state index is 12.8. The maximum absolute atomic E-state index is 12.8. The van der Waals surface area contributed by atoms with E-state index in [-0.39, 0.29) is 5.91 Å². The zero-order valence-electron chi connectivity index (χ0n) is 15.3. The highest BCUT2D eigenvalue weighted by Crippen LogP contribution is 2.22. The molecule has 3 aromatic rings. The highest BCUT2D eigenvalue weighted by molar-refractivity contribution is 6.37. The molecule has 4 rings (SSSR count). The van der Waals surface area contributed by atoms with E-state index in [1.165, 1.54) is 0 Å². The number of carbonyl (C=O) groups excluding carboxylic acids is 1. The second kappa shape index (κ2) is 8.49. The van der Waals surface area contributed by atoms with Crippen LogP contribution in [0.25, 0.3) is 11.0 Å². The molecule has 6 nitrogen and oxygen atoms in total. The van der Waals surface area contributed by atoms with Gasteiger partial charge in [-0.1, -0.05) is 35.3 Å². The molecule has 1 fully saturated rings. The minimum absolute atomic E-state index is 0.284. The molecule has 0 aliphatic carbocycles. The predicted octanol–water partition coefficient (Wildman–Crippen LogP) is 3.35. The van der Waals surface area contributed by atoms with Gasteiger partial charge in [0.25, 0.3) is 0 Å². The minimum Gasteiger partial charge on any atom is -0.379 e. The Labute approximate surface area is 173 Å². The SMILES string of the molecule is O=C(Nc1[nH]c2ccccc2[n+]1CCN1CCOCC1)c1ccc(Cl)cc1Cl. The average Bonchev–Trinajstić information content (AvgIpc) is 3.04. The summed E-state index contributed by atoms with van der Waals surface area (Å²) in [5.41, 5.74) is 2.37. The number of benzene rings is 2. The van der Waals surface area contributed by atoms with Crippen LogP contribution >= 0.6 is 23.2 Å². The van der Waals surface area contributed by atoms with Gasteiger partial charge in [0.05, 0.1) is 30.3 Å². The second-order valence-corrected chi connectivity index (χ2v) is 7.52. The summed E-state index contributed by atoms with van der Waals surface area (Å²) in [4.78, 5) is 18.4. The van der Waals surface area contributed by atoms with Crippen molar-refractivity contribution in [1.29, 1.82) is 0 Å². The molecule has 146 valence electrons. The molecular formula is C20H21Cl2N4O2+. The lowest BCUT2D eigenvalue weighted by molar-refractivity contribution is -0.656. The van der Waals surface area contributed by atoms with E-state index in [1.54, 1.807) is 18.2 Å². The van der Waals surface area contributed by atoms with E-state index in [0.29, 0.717) is 21.6 Å². The molecule has 0 atom stereocenters. The Kier molecular flexibility index (Phi) is 5.82. The summed E-state index contributed by atoms with van der Waals surface area (Å²) >= 11 is 12.1. The van der Waals surface area contributed by atoms with Crippen LogP contribution in [0.4, 0.5) is 5.95 Å². The number of anilines is 1. The number of carbonyl (C=O) groups is 1. The molecule has 8 heteroatoms. The van der Waals surface area contributed by atoms with Gasteiger partial charge in [0.2, 0.25) is 0 Å². The van der Waals surface area contributed by atoms with E-state index >= 15 is 0 Å². The van der Waals surface area contributed by atoms with Crippen molar-refractivity contribution in [2.75, 3.05) is 38.2 Å². The number of H-pyrrole nitrogens is 1. The number of aromatic amines is 1. The largest absolute Gasteiger partial charge is 0.379 e. The Balaban J connectivity index is 1.59. The van der Waals surface area contributed by atoms with E-state index < -0.39 is 0 Å². The zero-order valence-corrected chi connectivity index (χ0v) is 16.8. The van der Waals surface area contributed by atoms with E-state index in [0.717, 1.165) is 50.4 Å². The van der Waals surface area contributed by atoms with Crippen LogP contribution in [0.1, 0.15) is 10.4 Å². The fraction of sp³-hybridized carbons (Fsp3) is 0.300. The fourth-order valence-electron chi connectivity index (χ4n) is 3.38. The number of para-hydroxylation sites is 2. The molecule has 0 saturated carbocycles. The van der Waals surface area contributed by atoms with Crippen molar-refractivity contribution >= 4 is 46.1 Å². The first kappa shape index (κ1) is 19.2. The van der Waals surface area contributed by atoms with Gasteiger partial charge in [0.1, 0.15) is 11.0 Å². The van der Waals surface area contributed by atoms with E-state index in [2.05, 4.69) is 19.8 Å². The van der Waals surface area contributed by atoms with Crippen molar-refractivity contribution in [3.05, 3.63) is 58.1 Å². The standard InChI is InChI=1S/C20H20Cl2N4O2/c21-14-5-6-15(16(22)13-14)19(27)24-20-23-17-3-1-2-4-18(17)26(20)8-7-25-9-11-28-12-10-25/h1-6,13H,7-12H2,(H,23,24,27)/p+1. The Morgan fingerprint density at radius 1 is 1.18 bits per heavy atom. The predicted molar refractivity (Wildman–Crippen MR) is 110 cm³/mol. The monoisotopic (exact) mass is 419 g/mol. The highest BCUT2D eigenvalue weighted by atomic mass is 35.5. The summed E-state index contributed by atoms with van der Waals surface area (Å²) in [6, 6.07) is 12.8. The third-order valence-electron chi connectivity index (χ3n) is 4.87. The topological polar surface area (TPSA) is 61.2 Å². The molecule has 0 spiro atoms. The molecular weight excluding hydrogens is 399 g/mol. The molecule has 2 aromatic carbocycles. The lowest BCUT2D eigenvalue weighted by atomic mass is 10.2. The maximum Gasteiger partial charge on any atom is 0.363 e. The number of imidazole rings is 1. The van der Waals surface area contributed by atoms with Gasteiger partial charge in [-0.3, -0.25) is 9.69 Å². The smallest absolute Gasteiger partial charge is 0.363 e. The number of amides is 1. The van der Waals surface area contributed by atoms with Gasteiger partial charge in [-0.15, -0.1) is 0 Å². The van der Waals surface area contributed by atoms with Crippen LogP contribution < -0.4 is 9.88 Å². The molecule has 1 amide bonds. The third-order valence-corrected chi connectivity index (χ3v) is 5.42. The van der Waals surface area contributed by atoms with Crippen LogP contribution in [0, 0.1) is 0 Å². The summed E-state index contributed by atoms with van der Waals surface area (Å²) < 4.78 is 7.51. The van der Waals surface area contributed by atoms with Crippen LogP contribution in [-0.4, -0.2) is 48.6 Å². The second-order valence-electron chi connectivity index (χ2n) is 6.67. The van der Waals surface area contributed by atoms with Crippen molar-refractivity contribution < 1.29 is 14.1 Å². The molecule has 0 bridgehead atoms. The van der Waals surface area contributed by atoms with Crippen LogP contribution in [0.3, 0.4) is 0 Å². The van der Waals surface area contributed by atoms with Gasteiger partial charge in [0.15, 0.2) is 0 Å². The first-order chi connectivity index (χ1) is 13.6. The number of nitrogens with zero attached hydrogens (tertiary/aromatic N) is 2. The summed E-state index contributed by atoms with van der Waals surface area (Å²) in [5, 5.41) is 3.78. The molecule has 1 aliphatic heterocycles. The number of hydrogen-bond donors (Lipinski definition) is 2. The number of ether oxygens (including phenoxy) is 1.